The third-order valence-corrected chi connectivity index (χ3v) is 2.53. The van der Waals surface area contributed by atoms with E-state index in [0.717, 1.165) is 23.0 Å². The van der Waals surface area contributed by atoms with Crippen molar-refractivity contribution in [2.75, 3.05) is 0 Å². The number of nitrogens with zero attached hydrogens (tertiary/aromatic N) is 2. The number of hydrogen-bond acceptors (Lipinski definition) is 3. The zero-order valence-corrected chi connectivity index (χ0v) is 9.00. The van der Waals surface area contributed by atoms with Gasteiger partial charge in [-0.3, -0.25) is 0 Å². The second-order valence-electron chi connectivity index (χ2n) is 3.67. The molecule has 0 spiro atoms. The molecule has 0 N–H and O–H groups in total. The van der Waals surface area contributed by atoms with E-state index in [4.69, 9.17) is 0 Å². The highest BCUT2D eigenvalue weighted by Gasteiger charge is 2.03. The molecule has 0 bridgehead atoms. The molecule has 0 amide bonds. The van der Waals surface area contributed by atoms with Gasteiger partial charge in [0.2, 0.25) is 0 Å². The van der Waals surface area contributed by atoms with E-state index in [0.29, 0.717) is 0 Å². The number of carbonyl (C=O) groups is 1. The molecule has 2 aromatic rings. The van der Waals surface area contributed by atoms with Crippen LogP contribution in [0.2, 0.25) is 0 Å². The van der Waals surface area contributed by atoms with Gasteiger partial charge in [-0.2, -0.15) is 0 Å². The third-order valence-electron chi connectivity index (χ3n) is 2.53. The second-order valence-corrected chi connectivity index (χ2v) is 3.67. The van der Waals surface area contributed by atoms with Gasteiger partial charge in [0, 0.05) is 23.9 Å². The van der Waals surface area contributed by atoms with Gasteiger partial charge in [-0.1, -0.05) is 31.2 Å². The fourth-order valence-corrected chi connectivity index (χ4v) is 1.51. The maximum absolute atomic E-state index is 10.6. The van der Waals surface area contributed by atoms with Crippen LogP contribution in [0, 0.1) is 0 Å². The number of carbonyl (C=O) groups excluding carboxylic acids is 1. The number of rotatable bonds is 3. The Morgan fingerprint density at radius 2 is 1.69 bits per heavy atom. The lowest BCUT2D eigenvalue weighted by Crippen LogP contribution is -1.93. The van der Waals surface area contributed by atoms with Crippen molar-refractivity contribution < 1.29 is 4.79 Å². The number of aldehydes is 1. The van der Waals surface area contributed by atoms with Crippen molar-refractivity contribution in [2.45, 2.75) is 12.8 Å². The Labute approximate surface area is 94.2 Å². The Bertz CT molecular complexity index is 465. The summed E-state index contributed by atoms with van der Waals surface area (Å²) in [5.41, 5.74) is 3.06. The van der Waals surface area contributed by atoms with Crippen LogP contribution >= 0.6 is 0 Å². The summed E-state index contributed by atoms with van der Waals surface area (Å²) in [6, 6.07) is 7.88. The van der Waals surface area contributed by atoms with E-state index >= 15 is 0 Å². The minimum atomic E-state index is -0.0546. The standard InChI is InChI=1S/C13H12N2O/c1-10(8-16)11-2-4-12(5-3-11)13-6-14-9-15-7-13/h2-10H,1H3. The van der Waals surface area contributed by atoms with Gasteiger partial charge in [-0.05, 0) is 11.1 Å². The highest BCUT2D eigenvalue weighted by atomic mass is 16.1. The first kappa shape index (κ1) is 10.5. The molecule has 1 atom stereocenters. The Hall–Kier alpha value is -2.03. The molecule has 1 heterocycles. The molecule has 16 heavy (non-hydrogen) atoms. The van der Waals surface area contributed by atoms with Crippen LogP contribution in [0.15, 0.2) is 43.0 Å². The van der Waals surface area contributed by atoms with Crippen LogP contribution in [0.25, 0.3) is 11.1 Å². The molecule has 0 radical (unpaired) electrons. The zero-order chi connectivity index (χ0) is 11.4. The summed E-state index contributed by atoms with van der Waals surface area (Å²) in [6.07, 6.45) is 5.99. The molecule has 0 fully saturated rings. The maximum Gasteiger partial charge on any atom is 0.127 e. The summed E-state index contributed by atoms with van der Waals surface area (Å²) >= 11 is 0. The van der Waals surface area contributed by atoms with Crippen molar-refractivity contribution in [1.82, 2.24) is 9.97 Å². The fraction of sp³-hybridized carbons (Fsp3) is 0.154. The molecule has 0 aliphatic heterocycles. The first-order valence-corrected chi connectivity index (χ1v) is 5.12. The van der Waals surface area contributed by atoms with Crippen molar-refractivity contribution in [2.24, 2.45) is 0 Å². The monoisotopic (exact) mass is 212 g/mol. The Morgan fingerprint density at radius 3 is 2.25 bits per heavy atom. The highest BCUT2D eigenvalue weighted by molar-refractivity contribution is 5.65. The third kappa shape index (κ3) is 2.14. The molecule has 1 aromatic carbocycles. The Kier molecular flexibility index (Phi) is 3.05. The molecule has 3 heteroatoms. The highest BCUT2D eigenvalue weighted by Crippen LogP contribution is 2.20. The second kappa shape index (κ2) is 4.66. The summed E-state index contributed by atoms with van der Waals surface area (Å²) in [7, 11) is 0. The normalized spacial score (nSPS) is 12.1. The molecule has 1 unspecified atom stereocenters. The van der Waals surface area contributed by atoms with Gasteiger partial charge in [0.15, 0.2) is 0 Å². The summed E-state index contributed by atoms with van der Waals surface area (Å²) in [5, 5.41) is 0. The van der Waals surface area contributed by atoms with Crippen molar-refractivity contribution in [3.8, 4) is 11.1 Å². The van der Waals surface area contributed by atoms with Gasteiger partial charge in [0.25, 0.3) is 0 Å². The van der Waals surface area contributed by atoms with E-state index in [-0.39, 0.29) is 5.92 Å². The van der Waals surface area contributed by atoms with E-state index in [1.54, 1.807) is 12.4 Å². The molecule has 1 aromatic heterocycles. The van der Waals surface area contributed by atoms with Crippen molar-refractivity contribution in [3.63, 3.8) is 0 Å². The molecule has 0 aliphatic rings. The number of hydrogen-bond donors (Lipinski definition) is 0. The first-order valence-electron chi connectivity index (χ1n) is 5.12. The predicted octanol–water partition coefficient (Wildman–Crippen LogP) is 2.45. The van der Waals surface area contributed by atoms with Crippen LogP contribution < -0.4 is 0 Å². The van der Waals surface area contributed by atoms with Crippen LogP contribution in [-0.2, 0) is 4.79 Å². The fourth-order valence-electron chi connectivity index (χ4n) is 1.51. The molecule has 80 valence electrons. The van der Waals surface area contributed by atoms with E-state index in [2.05, 4.69) is 9.97 Å². The largest absolute Gasteiger partial charge is 0.303 e. The maximum atomic E-state index is 10.6. The van der Waals surface area contributed by atoms with Gasteiger partial charge in [-0.25, -0.2) is 9.97 Å². The van der Waals surface area contributed by atoms with Gasteiger partial charge < -0.3 is 4.79 Å². The summed E-state index contributed by atoms with van der Waals surface area (Å²) in [5.74, 6) is -0.0546. The van der Waals surface area contributed by atoms with Gasteiger partial charge >= 0.3 is 0 Å². The Balaban J connectivity index is 2.30. The molecule has 0 saturated carbocycles. The predicted molar refractivity (Wildman–Crippen MR) is 61.9 cm³/mol. The minimum Gasteiger partial charge on any atom is -0.303 e. The molecular weight excluding hydrogens is 200 g/mol. The van der Waals surface area contributed by atoms with Crippen LogP contribution in [-0.4, -0.2) is 16.3 Å². The molecule has 0 saturated heterocycles. The number of benzene rings is 1. The lowest BCUT2D eigenvalue weighted by Gasteiger charge is -2.05. The zero-order valence-electron chi connectivity index (χ0n) is 9.00. The first-order chi connectivity index (χ1) is 7.81. The topological polar surface area (TPSA) is 42.9 Å². The summed E-state index contributed by atoms with van der Waals surface area (Å²) < 4.78 is 0. The van der Waals surface area contributed by atoms with E-state index < -0.39 is 0 Å². The van der Waals surface area contributed by atoms with Crippen molar-refractivity contribution in [1.29, 1.82) is 0 Å². The molecule has 3 nitrogen and oxygen atoms in total. The van der Waals surface area contributed by atoms with Crippen molar-refractivity contribution >= 4 is 6.29 Å². The molecule has 2 rings (SSSR count). The van der Waals surface area contributed by atoms with Gasteiger partial charge in [-0.15, -0.1) is 0 Å². The van der Waals surface area contributed by atoms with E-state index in [1.807, 2.05) is 31.2 Å². The van der Waals surface area contributed by atoms with Gasteiger partial charge in [0.1, 0.15) is 12.6 Å². The van der Waals surface area contributed by atoms with E-state index in [1.165, 1.54) is 6.33 Å². The molecular formula is C13H12N2O. The van der Waals surface area contributed by atoms with Crippen LogP contribution in [0.5, 0.6) is 0 Å². The van der Waals surface area contributed by atoms with Crippen LogP contribution in [0.3, 0.4) is 0 Å². The molecule has 0 aliphatic carbocycles. The average molecular weight is 212 g/mol. The smallest absolute Gasteiger partial charge is 0.127 e. The lowest BCUT2D eigenvalue weighted by molar-refractivity contribution is -0.108. The van der Waals surface area contributed by atoms with Crippen LogP contribution in [0.4, 0.5) is 0 Å². The summed E-state index contributed by atoms with van der Waals surface area (Å²) in [6.45, 7) is 1.88. The average Bonchev–Trinajstić information content (AvgIpc) is 2.39. The quantitative estimate of drug-likeness (QED) is 0.734. The lowest BCUT2D eigenvalue weighted by atomic mass is 10.00. The van der Waals surface area contributed by atoms with Crippen molar-refractivity contribution in [3.05, 3.63) is 48.5 Å². The van der Waals surface area contributed by atoms with E-state index in [9.17, 15) is 4.79 Å². The number of aromatic nitrogens is 2. The SMILES string of the molecule is CC(C=O)c1ccc(-c2cncnc2)cc1. The summed E-state index contributed by atoms with van der Waals surface area (Å²) in [4.78, 5) is 18.6. The van der Waals surface area contributed by atoms with Crippen LogP contribution in [0.1, 0.15) is 18.4 Å². The minimum absolute atomic E-state index is 0.0546. The Morgan fingerprint density at radius 1 is 1.06 bits per heavy atom. The van der Waals surface area contributed by atoms with Gasteiger partial charge in [0.05, 0.1) is 0 Å².